The number of pyridine rings is 1. The van der Waals surface area contributed by atoms with Gasteiger partial charge in [0.05, 0.1) is 11.6 Å². The lowest BCUT2D eigenvalue weighted by Crippen LogP contribution is -2.53. The topological polar surface area (TPSA) is 65.9 Å². The summed E-state index contributed by atoms with van der Waals surface area (Å²) in [6.07, 6.45) is -0.867. The molecule has 1 aliphatic rings. The largest absolute Gasteiger partial charge is 0.480 e. The summed E-state index contributed by atoms with van der Waals surface area (Å²) >= 11 is 3.36. The molecule has 2 rings (SSSR count). The molecule has 0 spiro atoms. The zero-order chi connectivity index (χ0) is 14.0. The molecule has 0 aromatic carbocycles. The Morgan fingerprint density at radius 3 is 2.84 bits per heavy atom. The van der Waals surface area contributed by atoms with Crippen molar-refractivity contribution in [1.82, 2.24) is 9.88 Å². The second-order valence-corrected chi connectivity index (χ2v) is 5.29. The highest BCUT2D eigenvalue weighted by atomic mass is 79.9. The van der Waals surface area contributed by atoms with Crippen molar-refractivity contribution >= 4 is 27.8 Å². The Kier molecular flexibility index (Phi) is 4.14. The average molecular weight is 330 g/mol. The first-order valence-corrected chi connectivity index (χ1v) is 6.77. The molecule has 1 fully saturated rings. The number of methoxy groups -OCH3 is 1. The predicted octanol–water partition coefficient (Wildman–Crippen LogP) is 2.04. The van der Waals surface area contributed by atoms with E-state index in [0.717, 1.165) is 10.3 Å². The van der Waals surface area contributed by atoms with Crippen molar-refractivity contribution in [3.05, 3.63) is 16.6 Å². The predicted molar refractivity (Wildman–Crippen MR) is 74.9 cm³/mol. The van der Waals surface area contributed by atoms with Crippen molar-refractivity contribution in [3.8, 4) is 5.88 Å². The van der Waals surface area contributed by atoms with Gasteiger partial charge >= 0.3 is 6.09 Å². The Bertz CT molecular complexity index is 483. The molecular formula is C12H16BrN3O3. The average Bonchev–Trinajstić information content (AvgIpc) is 2.38. The van der Waals surface area contributed by atoms with E-state index in [0.29, 0.717) is 25.5 Å². The van der Waals surface area contributed by atoms with Gasteiger partial charge in [0.2, 0.25) is 5.88 Å². The molecule has 19 heavy (non-hydrogen) atoms. The zero-order valence-electron chi connectivity index (χ0n) is 10.8. The lowest BCUT2D eigenvalue weighted by molar-refractivity contribution is 0.122. The summed E-state index contributed by atoms with van der Waals surface area (Å²) in [5, 5.41) is 9.05. The van der Waals surface area contributed by atoms with Gasteiger partial charge in [-0.1, -0.05) is 0 Å². The monoisotopic (exact) mass is 329 g/mol. The summed E-state index contributed by atoms with van der Waals surface area (Å²) in [5.74, 6) is 1.34. The van der Waals surface area contributed by atoms with E-state index in [2.05, 4.69) is 25.8 Å². The van der Waals surface area contributed by atoms with E-state index in [9.17, 15) is 4.79 Å². The Hall–Kier alpha value is -1.50. The van der Waals surface area contributed by atoms with E-state index in [4.69, 9.17) is 9.84 Å². The van der Waals surface area contributed by atoms with Gasteiger partial charge in [-0.25, -0.2) is 4.79 Å². The third kappa shape index (κ3) is 2.91. The molecule has 7 heteroatoms. The number of carboxylic acid groups (broad SMARTS) is 1. The summed E-state index contributed by atoms with van der Waals surface area (Å²) in [7, 11) is 1.57. The van der Waals surface area contributed by atoms with Crippen molar-refractivity contribution in [2.45, 2.75) is 13.0 Å². The number of ether oxygens (including phenoxy) is 1. The van der Waals surface area contributed by atoms with Crippen LogP contribution >= 0.6 is 15.9 Å². The summed E-state index contributed by atoms with van der Waals surface area (Å²) in [5.41, 5.74) is 0. The lowest BCUT2D eigenvalue weighted by Gasteiger charge is -2.38. The Balaban J connectivity index is 2.14. The molecule has 1 atom stereocenters. The van der Waals surface area contributed by atoms with Gasteiger partial charge in [0.15, 0.2) is 0 Å². The molecule has 1 N–H and O–H groups in total. The fraction of sp³-hybridized carbons (Fsp3) is 0.500. The number of carbonyl (C=O) groups is 1. The van der Waals surface area contributed by atoms with Crippen LogP contribution in [0.15, 0.2) is 16.6 Å². The van der Waals surface area contributed by atoms with E-state index in [-0.39, 0.29) is 6.04 Å². The number of hydrogen-bond acceptors (Lipinski definition) is 4. The van der Waals surface area contributed by atoms with Crippen LogP contribution in [0.5, 0.6) is 5.88 Å². The molecule has 1 unspecified atom stereocenters. The minimum atomic E-state index is -0.867. The molecule has 0 aliphatic carbocycles. The Labute approximate surface area is 120 Å². The van der Waals surface area contributed by atoms with Gasteiger partial charge in [-0.15, -0.1) is 0 Å². The van der Waals surface area contributed by atoms with Crippen molar-refractivity contribution in [3.63, 3.8) is 0 Å². The molecule has 6 nitrogen and oxygen atoms in total. The van der Waals surface area contributed by atoms with Crippen LogP contribution in [0, 0.1) is 0 Å². The molecule has 1 aliphatic heterocycles. The lowest BCUT2D eigenvalue weighted by atomic mass is 10.2. The number of amides is 1. The van der Waals surface area contributed by atoms with E-state index >= 15 is 0 Å². The van der Waals surface area contributed by atoms with Crippen LogP contribution in [0.25, 0.3) is 0 Å². The SMILES string of the molecule is COc1nc(N2CCN(C(=O)O)C(C)C2)ccc1Br. The van der Waals surface area contributed by atoms with Gasteiger partial charge in [-0.3, -0.25) is 0 Å². The van der Waals surface area contributed by atoms with Gasteiger partial charge in [-0.05, 0) is 35.0 Å². The second-order valence-electron chi connectivity index (χ2n) is 4.43. The van der Waals surface area contributed by atoms with Crippen LogP contribution in [-0.4, -0.2) is 53.9 Å². The van der Waals surface area contributed by atoms with Gasteiger partial charge < -0.3 is 19.6 Å². The number of piperazine rings is 1. The molecule has 1 amide bonds. The Morgan fingerprint density at radius 1 is 1.53 bits per heavy atom. The summed E-state index contributed by atoms with van der Waals surface area (Å²) in [4.78, 5) is 18.9. The van der Waals surface area contributed by atoms with Crippen molar-refractivity contribution in [2.75, 3.05) is 31.6 Å². The first-order chi connectivity index (χ1) is 9.02. The van der Waals surface area contributed by atoms with E-state index in [1.54, 1.807) is 7.11 Å². The molecular weight excluding hydrogens is 314 g/mol. The van der Waals surface area contributed by atoms with E-state index in [1.165, 1.54) is 4.90 Å². The molecule has 104 valence electrons. The first kappa shape index (κ1) is 13.9. The third-order valence-electron chi connectivity index (χ3n) is 3.19. The number of halogens is 1. The molecule has 1 aromatic rings. The van der Waals surface area contributed by atoms with Gasteiger partial charge in [0.1, 0.15) is 5.82 Å². The molecule has 0 radical (unpaired) electrons. The number of anilines is 1. The molecule has 0 saturated carbocycles. The Morgan fingerprint density at radius 2 is 2.26 bits per heavy atom. The minimum absolute atomic E-state index is 0.0531. The maximum absolute atomic E-state index is 11.0. The first-order valence-electron chi connectivity index (χ1n) is 5.98. The van der Waals surface area contributed by atoms with Crippen LogP contribution in [-0.2, 0) is 0 Å². The highest BCUT2D eigenvalue weighted by molar-refractivity contribution is 9.10. The smallest absolute Gasteiger partial charge is 0.407 e. The van der Waals surface area contributed by atoms with Crippen LogP contribution in [0.1, 0.15) is 6.92 Å². The highest BCUT2D eigenvalue weighted by Gasteiger charge is 2.27. The quantitative estimate of drug-likeness (QED) is 0.899. The maximum Gasteiger partial charge on any atom is 0.407 e. The number of nitrogens with zero attached hydrogens (tertiary/aromatic N) is 3. The number of rotatable bonds is 2. The van der Waals surface area contributed by atoms with Crippen LogP contribution < -0.4 is 9.64 Å². The van der Waals surface area contributed by atoms with E-state index in [1.807, 2.05) is 19.1 Å². The molecule has 2 heterocycles. The third-order valence-corrected chi connectivity index (χ3v) is 3.79. The zero-order valence-corrected chi connectivity index (χ0v) is 12.4. The highest BCUT2D eigenvalue weighted by Crippen LogP contribution is 2.26. The normalized spacial score (nSPS) is 19.4. The van der Waals surface area contributed by atoms with E-state index < -0.39 is 6.09 Å². The van der Waals surface area contributed by atoms with Crippen molar-refractivity contribution in [1.29, 1.82) is 0 Å². The molecule has 0 bridgehead atoms. The van der Waals surface area contributed by atoms with Gasteiger partial charge in [0.25, 0.3) is 0 Å². The maximum atomic E-state index is 11.0. The van der Waals surface area contributed by atoms with Gasteiger partial charge in [-0.2, -0.15) is 4.98 Å². The minimum Gasteiger partial charge on any atom is -0.480 e. The number of hydrogen-bond donors (Lipinski definition) is 1. The standard InChI is InChI=1S/C12H16BrN3O3/c1-8-7-15(5-6-16(8)12(17)18)10-4-3-9(13)11(14-10)19-2/h3-4,8H,5-7H2,1-2H3,(H,17,18). The second kappa shape index (κ2) is 5.64. The van der Waals surface area contributed by atoms with Crippen LogP contribution in [0.4, 0.5) is 10.6 Å². The number of aromatic nitrogens is 1. The fourth-order valence-electron chi connectivity index (χ4n) is 2.18. The van der Waals surface area contributed by atoms with Crippen LogP contribution in [0.2, 0.25) is 0 Å². The summed E-state index contributed by atoms with van der Waals surface area (Å²) in [6.45, 7) is 3.64. The molecule has 1 saturated heterocycles. The van der Waals surface area contributed by atoms with Crippen molar-refractivity contribution < 1.29 is 14.6 Å². The fourth-order valence-corrected chi connectivity index (χ4v) is 2.57. The van der Waals surface area contributed by atoms with Crippen molar-refractivity contribution in [2.24, 2.45) is 0 Å². The summed E-state index contributed by atoms with van der Waals surface area (Å²) in [6, 6.07) is 3.73. The summed E-state index contributed by atoms with van der Waals surface area (Å²) < 4.78 is 5.98. The molecule has 1 aromatic heterocycles. The van der Waals surface area contributed by atoms with Crippen LogP contribution in [0.3, 0.4) is 0 Å². The van der Waals surface area contributed by atoms with Gasteiger partial charge in [0, 0.05) is 25.7 Å².